The second kappa shape index (κ2) is 7.76. The number of hydrogen-bond donors (Lipinski definition) is 0. The summed E-state index contributed by atoms with van der Waals surface area (Å²) in [7, 11) is 0. The first-order valence-electron chi connectivity index (χ1n) is 8.56. The van der Waals surface area contributed by atoms with Crippen molar-refractivity contribution in [2.45, 2.75) is 6.54 Å². The van der Waals surface area contributed by atoms with Crippen molar-refractivity contribution in [1.29, 1.82) is 0 Å². The van der Waals surface area contributed by atoms with Gasteiger partial charge in [0.1, 0.15) is 5.76 Å². The third kappa shape index (κ3) is 4.03. The van der Waals surface area contributed by atoms with Crippen molar-refractivity contribution in [3.8, 4) is 11.3 Å². The Labute approximate surface area is 166 Å². The first kappa shape index (κ1) is 18.1. The van der Waals surface area contributed by atoms with E-state index in [1.54, 1.807) is 35.4 Å². The second-order valence-corrected chi connectivity index (χ2v) is 7.19. The lowest BCUT2D eigenvalue weighted by atomic mass is 10.1. The lowest BCUT2D eigenvalue weighted by Gasteiger charge is -2.33. The fourth-order valence-electron chi connectivity index (χ4n) is 3.09. The number of nitrogens with zero attached hydrogens (tertiary/aromatic N) is 3. The van der Waals surface area contributed by atoms with Crippen LogP contribution in [0.2, 0.25) is 10.0 Å². The highest BCUT2D eigenvalue weighted by Gasteiger charge is 2.25. The Morgan fingerprint density at radius 1 is 1.11 bits per heavy atom. The predicted octanol–water partition coefficient (Wildman–Crippen LogP) is 4.20. The molecule has 0 saturated carbocycles. The molecule has 0 aliphatic carbocycles. The molecule has 0 atom stereocenters. The number of halogens is 2. The lowest BCUT2D eigenvalue weighted by molar-refractivity contribution is 0.0610. The molecule has 0 radical (unpaired) electrons. The summed E-state index contributed by atoms with van der Waals surface area (Å²) >= 11 is 12.1. The summed E-state index contributed by atoms with van der Waals surface area (Å²) in [6.07, 6.45) is 1.67. The monoisotopic (exact) mass is 405 g/mol. The van der Waals surface area contributed by atoms with Crippen molar-refractivity contribution < 1.29 is 13.7 Å². The van der Waals surface area contributed by atoms with Crippen molar-refractivity contribution in [3.05, 3.63) is 64.2 Å². The van der Waals surface area contributed by atoms with Crippen LogP contribution >= 0.6 is 23.2 Å². The maximum atomic E-state index is 12.7. The molecule has 6 nitrogen and oxygen atoms in total. The molecule has 8 heteroatoms. The molecule has 0 unspecified atom stereocenters. The highest BCUT2D eigenvalue weighted by Crippen LogP contribution is 2.31. The molecule has 27 heavy (non-hydrogen) atoms. The van der Waals surface area contributed by atoms with Gasteiger partial charge in [-0.2, -0.15) is 0 Å². The van der Waals surface area contributed by atoms with Crippen molar-refractivity contribution in [2.24, 2.45) is 0 Å². The van der Waals surface area contributed by atoms with Gasteiger partial charge < -0.3 is 13.8 Å². The van der Waals surface area contributed by atoms with Gasteiger partial charge in [-0.25, -0.2) is 0 Å². The maximum Gasteiger partial charge on any atom is 0.276 e. The number of piperazine rings is 1. The molecular formula is C19H17Cl2N3O3. The Balaban J connectivity index is 1.40. The van der Waals surface area contributed by atoms with Crippen LogP contribution in [-0.2, 0) is 6.54 Å². The van der Waals surface area contributed by atoms with E-state index in [-0.39, 0.29) is 11.6 Å². The van der Waals surface area contributed by atoms with Crippen LogP contribution in [0.1, 0.15) is 16.2 Å². The van der Waals surface area contributed by atoms with Gasteiger partial charge >= 0.3 is 0 Å². The molecule has 2 aromatic heterocycles. The van der Waals surface area contributed by atoms with Crippen LogP contribution in [0.25, 0.3) is 11.3 Å². The van der Waals surface area contributed by atoms with Gasteiger partial charge in [-0.15, -0.1) is 0 Å². The van der Waals surface area contributed by atoms with Gasteiger partial charge in [-0.3, -0.25) is 9.69 Å². The zero-order valence-electron chi connectivity index (χ0n) is 14.4. The van der Waals surface area contributed by atoms with Gasteiger partial charge in [0.25, 0.3) is 5.91 Å². The largest absolute Gasteiger partial charge is 0.468 e. The van der Waals surface area contributed by atoms with Gasteiger partial charge in [-0.1, -0.05) is 28.4 Å². The van der Waals surface area contributed by atoms with Crippen LogP contribution in [0.5, 0.6) is 0 Å². The van der Waals surface area contributed by atoms with E-state index in [0.29, 0.717) is 34.5 Å². The topological polar surface area (TPSA) is 62.7 Å². The number of amides is 1. The predicted molar refractivity (Wildman–Crippen MR) is 102 cm³/mol. The molecular weight excluding hydrogens is 389 g/mol. The van der Waals surface area contributed by atoms with Crippen LogP contribution in [0, 0.1) is 0 Å². The molecule has 0 bridgehead atoms. The Morgan fingerprint density at radius 3 is 2.63 bits per heavy atom. The number of furan rings is 1. The molecule has 140 valence electrons. The molecule has 0 spiro atoms. The van der Waals surface area contributed by atoms with Gasteiger partial charge in [-0.05, 0) is 30.3 Å². The SMILES string of the molecule is O=C(c1cc(-c2ccc(Cl)cc2Cl)on1)N1CCN(Cc2ccco2)CC1. The fourth-order valence-corrected chi connectivity index (χ4v) is 3.59. The Kier molecular flexibility index (Phi) is 5.20. The van der Waals surface area contributed by atoms with E-state index in [9.17, 15) is 4.79 Å². The number of aromatic nitrogens is 1. The highest BCUT2D eigenvalue weighted by atomic mass is 35.5. The molecule has 1 aromatic carbocycles. The van der Waals surface area contributed by atoms with E-state index in [0.717, 1.165) is 25.4 Å². The van der Waals surface area contributed by atoms with E-state index in [1.807, 2.05) is 12.1 Å². The van der Waals surface area contributed by atoms with Crippen molar-refractivity contribution in [3.63, 3.8) is 0 Å². The molecule has 1 saturated heterocycles. The molecule has 4 rings (SSSR count). The Bertz CT molecular complexity index is 932. The molecule has 1 fully saturated rings. The van der Waals surface area contributed by atoms with Crippen molar-refractivity contribution in [2.75, 3.05) is 26.2 Å². The zero-order chi connectivity index (χ0) is 18.8. The second-order valence-electron chi connectivity index (χ2n) is 6.35. The average molecular weight is 406 g/mol. The number of hydrogen-bond acceptors (Lipinski definition) is 5. The van der Waals surface area contributed by atoms with Gasteiger partial charge in [0.15, 0.2) is 11.5 Å². The minimum atomic E-state index is -0.146. The number of carbonyl (C=O) groups excluding carboxylic acids is 1. The molecule has 3 aromatic rings. The van der Waals surface area contributed by atoms with E-state index in [4.69, 9.17) is 32.1 Å². The summed E-state index contributed by atoms with van der Waals surface area (Å²) in [6.45, 7) is 3.56. The van der Waals surface area contributed by atoms with E-state index < -0.39 is 0 Å². The third-order valence-electron chi connectivity index (χ3n) is 4.54. The normalized spacial score (nSPS) is 15.3. The number of rotatable bonds is 4. The van der Waals surface area contributed by atoms with Crippen LogP contribution < -0.4 is 0 Å². The third-order valence-corrected chi connectivity index (χ3v) is 5.09. The van der Waals surface area contributed by atoms with Crippen LogP contribution in [0.15, 0.2) is 51.6 Å². The fraction of sp³-hybridized carbons (Fsp3) is 0.263. The van der Waals surface area contributed by atoms with Crippen LogP contribution in [-0.4, -0.2) is 47.0 Å². The lowest BCUT2D eigenvalue weighted by Crippen LogP contribution is -2.48. The summed E-state index contributed by atoms with van der Waals surface area (Å²) in [5, 5.41) is 4.91. The summed E-state index contributed by atoms with van der Waals surface area (Å²) in [6, 6.07) is 10.5. The minimum Gasteiger partial charge on any atom is -0.468 e. The summed E-state index contributed by atoms with van der Waals surface area (Å²) in [5.74, 6) is 1.22. The molecule has 1 aliphatic heterocycles. The van der Waals surface area contributed by atoms with Crippen molar-refractivity contribution >= 4 is 29.1 Å². The van der Waals surface area contributed by atoms with Crippen LogP contribution in [0.4, 0.5) is 0 Å². The summed E-state index contributed by atoms with van der Waals surface area (Å²) in [4.78, 5) is 16.8. The van der Waals surface area contributed by atoms with Crippen molar-refractivity contribution in [1.82, 2.24) is 15.0 Å². The summed E-state index contributed by atoms with van der Waals surface area (Å²) < 4.78 is 10.7. The molecule has 0 N–H and O–H groups in total. The Morgan fingerprint density at radius 2 is 1.93 bits per heavy atom. The number of carbonyl (C=O) groups is 1. The summed E-state index contributed by atoms with van der Waals surface area (Å²) in [5.41, 5.74) is 0.923. The van der Waals surface area contributed by atoms with E-state index in [2.05, 4.69) is 10.1 Å². The zero-order valence-corrected chi connectivity index (χ0v) is 15.9. The molecule has 1 aliphatic rings. The maximum absolute atomic E-state index is 12.7. The number of benzene rings is 1. The minimum absolute atomic E-state index is 0.146. The van der Waals surface area contributed by atoms with Gasteiger partial charge in [0, 0.05) is 42.8 Å². The molecule has 1 amide bonds. The standard InChI is InChI=1S/C19H17Cl2N3O3/c20-13-3-4-15(16(21)10-13)18-11-17(22-27-18)19(25)24-7-5-23(6-8-24)12-14-2-1-9-26-14/h1-4,9-11H,5-8,12H2. The van der Waals surface area contributed by atoms with Gasteiger partial charge in [0.05, 0.1) is 17.8 Å². The highest BCUT2D eigenvalue weighted by molar-refractivity contribution is 6.36. The molecule has 3 heterocycles. The first-order valence-corrected chi connectivity index (χ1v) is 9.32. The smallest absolute Gasteiger partial charge is 0.276 e. The first-order chi connectivity index (χ1) is 13.1. The quantitative estimate of drug-likeness (QED) is 0.650. The van der Waals surface area contributed by atoms with E-state index >= 15 is 0 Å². The average Bonchev–Trinajstić information content (AvgIpc) is 3.34. The van der Waals surface area contributed by atoms with E-state index in [1.165, 1.54) is 0 Å². The van der Waals surface area contributed by atoms with Gasteiger partial charge in [0.2, 0.25) is 0 Å². The van der Waals surface area contributed by atoms with Crippen LogP contribution in [0.3, 0.4) is 0 Å². The Hall–Kier alpha value is -2.28.